The quantitative estimate of drug-likeness (QED) is 0.0913. The molecular weight excluding hydrogens is 960 g/mol. The third-order valence-corrected chi connectivity index (χ3v) is 8.31. The number of halogens is 4. The Kier molecular flexibility index (Phi) is 12.8. The lowest BCUT2D eigenvalue weighted by atomic mass is 10.1. The van der Waals surface area contributed by atoms with Gasteiger partial charge in [-0.1, -0.05) is 12.1 Å². The van der Waals surface area contributed by atoms with Crippen LogP contribution in [0.1, 0.15) is 28.4 Å². The maximum atomic E-state index is 12.4. The molecule has 0 aliphatic heterocycles. The highest BCUT2D eigenvalue weighted by Gasteiger charge is 2.15. The van der Waals surface area contributed by atoms with Crippen LogP contribution in [0.5, 0.6) is 17.2 Å². The second-order valence-electron chi connectivity index (χ2n) is 7.94. The molecule has 0 radical (unpaired) electrons. The van der Waals surface area contributed by atoms with E-state index in [4.69, 9.17) is 23.7 Å². The molecule has 0 aromatic heterocycles. The second-order valence-corrected chi connectivity index (χ2v) is 12.6. The van der Waals surface area contributed by atoms with Crippen LogP contribution in [0.25, 0.3) is 0 Å². The van der Waals surface area contributed by atoms with Crippen molar-refractivity contribution in [2.45, 2.75) is 19.8 Å². The zero-order valence-electron chi connectivity index (χ0n) is 20.7. The van der Waals surface area contributed by atoms with E-state index in [0.717, 1.165) is 31.2 Å². The van der Waals surface area contributed by atoms with Gasteiger partial charge in [0.15, 0.2) is 5.75 Å². The minimum absolute atomic E-state index is 0.133. The molecule has 206 valence electrons. The van der Waals surface area contributed by atoms with Gasteiger partial charge >= 0.3 is 18.1 Å². The van der Waals surface area contributed by atoms with Crippen molar-refractivity contribution in [3.63, 3.8) is 0 Å². The van der Waals surface area contributed by atoms with Gasteiger partial charge < -0.3 is 23.7 Å². The summed E-state index contributed by atoms with van der Waals surface area (Å²) in [5, 5.41) is 0. The first-order valence-electron chi connectivity index (χ1n) is 11.4. The average Bonchev–Trinajstić information content (AvgIpc) is 2.87. The standard InChI is InChI=1S/C27H22I4O8/c1-15(32)38-25-20(28)11-17(12-21(25)29)8-10-37-27(34)39-19-5-3-16(4-6-19)7-9-36-26(33)18-13-22(30)24(35-2)23(31)14-18/h3-6,11-14H,7-10H2,1-2H3. The molecule has 0 spiro atoms. The summed E-state index contributed by atoms with van der Waals surface area (Å²) in [7, 11) is 1.59. The monoisotopic (exact) mass is 982 g/mol. The number of benzene rings is 3. The topological polar surface area (TPSA) is 97.4 Å². The molecule has 0 unspecified atom stereocenters. The van der Waals surface area contributed by atoms with E-state index in [2.05, 4.69) is 90.4 Å². The fourth-order valence-electron chi connectivity index (χ4n) is 3.32. The second kappa shape index (κ2) is 15.6. The van der Waals surface area contributed by atoms with Gasteiger partial charge in [0.2, 0.25) is 0 Å². The normalized spacial score (nSPS) is 10.5. The summed E-state index contributed by atoms with van der Waals surface area (Å²) >= 11 is 8.45. The molecule has 0 N–H and O–H groups in total. The van der Waals surface area contributed by atoms with E-state index in [9.17, 15) is 14.4 Å². The number of esters is 2. The Hall–Kier alpha value is -1.41. The largest absolute Gasteiger partial charge is 0.513 e. The lowest BCUT2D eigenvalue weighted by molar-refractivity contribution is -0.132. The molecule has 0 amide bonds. The molecule has 12 heteroatoms. The molecular formula is C27H22I4O8. The first-order valence-corrected chi connectivity index (χ1v) is 15.7. The summed E-state index contributed by atoms with van der Waals surface area (Å²) in [6.07, 6.45) is 0.184. The molecule has 0 bridgehead atoms. The smallest absolute Gasteiger partial charge is 0.495 e. The van der Waals surface area contributed by atoms with Crippen molar-refractivity contribution in [1.82, 2.24) is 0 Å². The van der Waals surface area contributed by atoms with Crippen LogP contribution in [0, 0.1) is 14.3 Å². The van der Waals surface area contributed by atoms with Crippen LogP contribution >= 0.6 is 90.4 Å². The van der Waals surface area contributed by atoms with Gasteiger partial charge in [-0.05, 0) is 138 Å². The first kappa shape index (κ1) is 32.1. The van der Waals surface area contributed by atoms with Gasteiger partial charge in [0, 0.05) is 19.8 Å². The van der Waals surface area contributed by atoms with Gasteiger partial charge in [-0.3, -0.25) is 4.79 Å². The van der Waals surface area contributed by atoms with E-state index in [0.29, 0.717) is 29.9 Å². The van der Waals surface area contributed by atoms with E-state index >= 15 is 0 Å². The predicted molar refractivity (Wildman–Crippen MR) is 178 cm³/mol. The van der Waals surface area contributed by atoms with Crippen molar-refractivity contribution < 1.29 is 38.1 Å². The Morgan fingerprint density at radius 2 is 1.23 bits per heavy atom. The Morgan fingerprint density at radius 1 is 0.692 bits per heavy atom. The maximum absolute atomic E-state index is 12.4. The zero-order valence-corrected chi connectivity index (χ0v) is 29.4. The summed E-state index contributed by atoms with van der Waals surface area (Å²) in [5.41, 5.74) is 2.33. The highest BCUT2D eigenvalue weighted by molar-refractivity contribution is 14.1. The number of methoxy groups -OCH3 is 1. The van der Waals surface area contributed by atoms with Crippen molar-refractivity contribution in [3.8, 4) is 17.2 Å². The minimum atomic E-state index is -0.804. The van der Waals surface area contributed by atoms with Gasteiger partial charge in [-0.15, -0.1) is 0 Å². The number of ether oxygens (including phenoxy) is 5. The molecule has 3 rings (SSSR count). The molecule has 3 aromatic carbocycles. The van der Waals surface area contributed by atoms with E-state index in [-0.39, 0.29) is 19.2 Å². The fraction of sp³-hybridized carbons (Fsp3) is 0.222. The maximum Gasteiger partial charge on any atom is 0.513 e. The molecule has 0 saturated carbocycles. The van der Waals surface area contributed by atoms with Gasteiger partial charge in [0.25, 0.3) is 0 Å². The van der Waals surface area contributed by atoms with Crippen molar-refractivity contribution >= 4 is 108 Å². The third-order valence-electron chi connectivity index (χ3n) is 5.10. The van der Waals surface area contributed by atoms with Crippen molar-refractivity contribution in [3.05, 3.63) is 79.5 Å². The number of hydrogen-bond acceptors (Lipinski definition) is 8. The molecule has 0 aliphatic carbocycles. The first-order chi connectivity index (χ1) is 18.6. The summed E-state index contributed by atoms with van der Waals surface area (Å²) in [4.78, 5) is 35.8. The van der Waals surface area contributed by atoms with Crippen molar-refractivity contribution in [1.29, 1.82) is 0 Å². The van der Waals surface area contributed by atoms with Crippen molar-refractivity contribution in [2.24, 2.45) is 0 Å². The third kappa shape index (κ3) is 9.87. The Bertz CT molecular complexity index is 1310. The molecule has 0 atom stereocenters. The summed E-state index contributed by atoms with van der Waals surface area (Å²) in [6.45, 7) is 1.70. The Morgan fingerprint density at radius 3 is 1.79 bits per heavy atom. The lowest BCUT2D eigenvalue weighted by Crippen LogP contribution is -2.13. The van der Waals surface area contributed by atoms with Crippen LogP contribution in [0.4, 0.5) is 4.79 Å². The van der Waals surface area contributed by atoms with Crippen LogP contribution in [0.3, 0.4) is 0 Å². The minimum Gasteiger partial charge on any atom is -0.495 e. The molecule has 0 heterocycles. The summed E-state index contributed by atoms with van der Waals surface area (Å²) < 4.78 is 29.7. The number of carbonyl (C=O) groups excluding carboxylic acids is 3. The van der Waals surface area contributed by atoms with Gasteiger partial charge in [-0.2, -0.15) is 0 Å². The van der Waals surface area contributed by atoms with Crippen LogP contribution in [0.15, 0.2) is 48.5 Å². The average molecular weight is 982 g/mol. The van der Waals surface area contributed by atoms with E-state index in [1.165, 1.54) is 6.92 Å². The van der Waals surface area contributed by atoms with Crippen molar-refractivity contribution in [2.75, 3.05) is 20.3 Å². The number of hydrogen-bond donors (Lipinski definition) is 0. The molecule has 0 aliphatic rings. The Labute approximate surface area is 280 Å². The zero-order chi connectivity index (χ0) is 28.5. The van der Waals surface area contributed by atoms with Gasteiger partial charge in [-0.25, -0.2) is 9.59 Å². The van der Waals surface area contributed by atoms with Gasteiger partial charge in [0.05, 0.1) is 40.2 Å². The fourth-order valence-corrected chi connectivity index (χ4v) is 7.64. The van der Waals surface area contributed by atoms with Crippen LogP contribution < -0.4 is 14.2 Å². The highest BCUT2D eigenvalue weighted by atomic mass is 127. The molecule has 3 aromatic rings. The molecule has 0 fully saturated rings. The summed E-state index contributed by atoms with van der Waals surface area (Å²) in [5.74, 6) is 0.821. The Balaban J connectivity index is 1.42. The SMILES string of the molecule is COc1c(I)cc(C(=O)OCCc2ccc(OC(=O)OCCc3cc(I)c(OC(C)=O)c(I)c3)cc2)cc1I. The summed E-state index contributed by atoms with van der Waals surface area (Å²) in [6, 6.07) is 14.1. The predicted octanol–water partition coefficient (Wildman–Crippen LogP) is 7.20. The van der Waals surface area contributed by atoms with E-state index in [1.54, 1.807) is 43.5 Å². The van der Waals surface area contributed by atoms with Crippen LogP contribution in [-0.2, 0) is 27.1 Å². The molecule has 0 saturated heterocycles. The molecule has 8 nitrogen and oxygen atoms in total. The van der Waals surface area contributed by atoms with E-state index in [1.807, 2.05) is 12.1 Å². The number of rotatable bonds is 10. The number of carbonyl (C=O) groups is 3. The van der Waals surface area contributed by atoms with Crippen LogP contribution in [-0.4, -0.2) is 38.4 Å². The van der Waals surface area contributed by atoms with Crippen LogP contribution in [0.2, 0.25) is 0 Å². The highest BCUT2D eigenvalue weighted by Crippen LogP contribution is 2.30. The molecule has 39 heavy (non-hydrogen) atoms. The lowest BCUT2D eigenvalue weighted by Gasteiger charge is -2.11. The van der Waals surface area contributed by atoms with E-state index < -0.39 is 12.1 Å². The van der Waals surface area contributed by atoms with Gasteiger partial charge in [0.1, 0.15) is 11.5 Å².